The van der Waals surface area contributed by atoms with Crippen LogP contribution in [0, 0.1) is 11.3 Å². The molecular weight excluding hydrogens is 246 g/mol. The van der Waals surface area contributed by atoms with Crippen molar-refractivity contribution in [2.45, 2.75) is 52.4 Å². The minimum Gasteiger partial charge on any atom is -0.476 e. The highest BCUT2D eigenvalue weighted by atomic mass is 32.1. The lowest BCUT2D eigenvalue weighted by atomic mass is 9.69. The maximum atomic E-state index is 11.1. The van der Waals surface area contributed by atoms with Crippen molar-refractivity contribution in [2.24, 2.45) is 11.3 Å². The average Bonchev–Trinajstić information content (AvgIpc) is 2.77. The van der Waals surface area contributed by atoms with Gasteiger partial charge < -0.3 is 5.11 Å². The second-order valence-corrected chi connectivity index (χ2v) is 7.17. The average molecular weight is 267 g/mol. The fraction of sp³-hybridized carbons (Fsp3) is 0.714. The summed E-state index contributed by atoms with van der Waals surface area (Å²) in [5, 5.41) is 9.11. The first-order chi connectivity index (χ1) is 8.39. The molecule has 3 nitrogen and oxygen atoms in total. The molecule has 1 heterocycles. The number of aromatic carboxylic acids is 1. The second kappa shape index (κ2) is 5.00. The summed E-state index contributed by atoms with van der Waals surface area (Å²) in [6.07, 6.45) is 4.60. The van der Waals surface area contributed by atoms with Crippen LogP contribution < -0.4 is 0 Å². The van der Waals surface area contributed by atoms with Crippen molar-refractivity contribution in [2.75, 3.05) is 0 Å². The number of thiazole rings is 1. The molecule has 0 aliphatic heterocycles. The molecule has 0 aromatic carbocycles. The molecule has 1 aromatic rings. The van der Waals surface area contributed by atoms with Gasteiger partial charge in [0, 0.05) is 4.88 Å². The van der Waals surface area contributed by atoms with Crippen LogP contribution in [0.25, 0.3) is 0 Å². The van der Waals surface area contributed by atoms with Gasteiger partial charge in [-0.05, 0) is 42.9 Å². The molecule has 1 N–H and O–H groups in total. The Balaban J connectivity index is 2.06. The molecule has 0 bridgehead atoms. The molecular formula is C14H21NO2S. The third-order valence-corrected chi connectivity index (χ3v) is 5.11. The van der Waals surface area contributed by atoms with E-state index in [0.717, 1.165) is 23.6 Å². The van der Waals surface area contributed by atoms with Gasteiger partial charge in [0.25, 0.3) is 0 Å². The Morgan fingerprint density at radius 3 is 2.44 bits per heavy atom. The topological polar surface area (TPSA) is 50.2 Å². The summed E-state index contributed by atoms with van der Waals surface area (Å²) in [5.74, 6) is 0.279. The van der Waals surface area contributed by atoms with Crippen molar-refractivity contribution in [3.05, 3.63) is 16.1 Å². The van der Waals surface area contributed by atoms with Crippen molar-refractivity contribution < 1.29 is 9.90 Å². The Kier molecular flexibility index (Phi) is 3.76. The van der Waals surface area contributed by atoms with Crippen LogP contribution in [0.2, 0.25) is 0 Å². The number of hydrogen-bond donors (Lipinski definition) is 1. The first-order valence-corrected chi connectivity index (χ1v) is 7.44. The molecule has 1 saturated carbocycles. The third kappa shape index (κ3) is 2.74. The summed E-state index contributed by atoms with van der Waals surface area (Å²) in [7, 11) is 0. The summed E-state index contributed by atoms with van der Waals surface area (Å²) >= 11 is 1.50. The zero-order chi connectivity index (χ0) is 13.3. The van der Waals surface area contributed by atoms with E-state index in [1.165, 1.54) is 24.2 Å². The molecule has 0 atom stereocenters. The number of aromatic nitrogens is 1. The van der Waals surface area contributed by atoms with E-state index in [9.17, 15) is 4.79 Å². The Bertz CT molecular complexity index is 425. The SMILES string of the molecule is CC(C)(C)C1CCC(c2scnc2C(=O)O)CC1. The third-order valence-electron chi connectivity index (χ3n) is 4.12. The van der Waals surface area contributed by atoms with Gasteiger partial charge in [0.1, 0.15) is 0 Å². The Morgan fingerprint density at radius 1 is 1.33 bits per heavy atom. The van der Waals surface area contributed by atoms with Crippen molar-refractivity contribution in [1.82, 2.24) is 4.98 Å². The van der Waals surface area contributed by atoms with Crippen molar-refractivity contribution in [3.8, 4) is 0 Å². The molecule has 1 fully saturated rings. The molecule has 0 radical (unpaired) electrons. The molecule has 2 rings (SSSR count). The normalized spacial score (nSPS) is 25.1. The molecule has 0 spiro atoms. The Morgan fingerprint density at radius 2 is 1.94 bits per heavy atom. The van der Waals surface area contributed by atoms with E-state index >= 15 is 0 Å². The van der Waals surface area contributed by atoms with Crippen molar-refractivity contribution in [3.63, 3.8) is 0 Å². The van der Waals surface area contributed by atoms with Gasteiger partial charge in [-0.1, -0.05) is 20.8 Å². The van der Waals surface area contributed by atoms with E-state index in [2.05, 4.69) is 25.8 Å². The van der Waals surface area contributed by atoms with Crippen molar-refractivity contribution in [1.29, 1.82) is 0 Å². The van der Waals surface area contributed by atoms with Crippen LogP contribution in [-0.4, -0.2) is 16.1 Å². The standard InChI is InChI=1S/C14H21NO2S/c1-14(2,3)10-6-4-9(5-7-10)12-11(13(16)17)15-8-18-12/h8-10H,4-7H2,1-3H3,(H,16,17). The number of carboxylic acid groups (broad SMARTS) is 1. The zero-order valence-electron chi connectivity index (χ0n) is 11.3. The molecule has 1 aliphatic rings. The van der Waals surface area contributed by atoms with Gasteiger partial charge in [-0.2, -0.15) is 0 Å². The minimum absolute atomic E-state index is 0.277. The van der Waals surface area contributed by atoms with Crippen molar-refractivity contribution >= 4 is 17.3 Å². The minimum atomic E-state index is -0.885. The Hall–Kier alpha value is -0.900. The van der Waals surface area contributed by atoms with Crippen LogP contribution in [-0.2, 0) is 0 Å². The van der Waals surface area contributed by atoms with E-state index in [4.69, 9.17) is 5.11 Å². The molecule has 1 aromatic heterocycles. The second-order valence-electron chi connectivity index (χ2n) is 6.28. The van der Waals surface area contributed by atoms with Gasteiger partial charge in [0.05, 0.1) is 5.51 Å². The first kappa shape index (κ1) is 13.5. The fourth-order valence-corrected chi connectivity index (χ4v) is 3.88. The molecule has 0 unspecified atom stereocenters. The lowest BCUT2D eigenvalue weighted by Crippen LogP contribution is -2.25. The smallest absolute Gasteiger partial charge is 0.355 e. The highest BCUT2D eigenvalue weighted by molar-refractivity contribution is 7.10. The Labute approximate surface area is 112 Å². The summed E-state index contributed by atoms with van der Waals surface area (Å²) in [6, 6.07) is 0. The van der Waals surface area contributed by atoms with Crippen LogP contribution in [0.15, 0.2) is 5.51 Å². The van der Waals surface area contributed by atoms with Crippen LogP contribution in [0.1, 0.15) is 67.7 Å². The van der Waals surface area contributed by atoms with E-state index in [-0.39, 0.29) is 5.69 Å². The van der Waals surface area contributed by atoms with Gasteiger partial charge in [-0.3, -0.25) is 0 Å². The number of rotatable bonds is 2. The lowest BCUT2D eigenvalue weighted by Gasteiger charge is -2.36. The summed E-state index contributed by atoms with van der Waals surface area (Å²) < 4.78 is 0. The number of hydrogen-bond acceptors (Lipinski definition) is 3. The highest BCUT2D eigenvalue weighted by Gasteiger charge is 2.32. The molecule has 18 heavy (non-hydrogen) atoms. The van der Waals surface area contributed by atoms with Crippen LogP contribution in [0.5, 0.6) is 0 Å². The van der Waals surface area contributed by atoms with Gasteiger partial charge in [-0.25, -0.2) is 9.78 Å². The van der Waals surface area contributed by atoms with Crippen LogP contribution >= 0.6 is 11.3 Å². The number of carboxylic acids is 1. The van der Waals surface area contributed by atoms with E-state index in [0.29, 0.717) is 11.3 Å². The zero-order valence-corrected chi connectivity index (χ0v) is 12.1. The van der Waals surface area contributed by atoms with E-state index < -0.39 is 5.97 Å². The van der Waals surface area contributed by atoms with Crippen LogP contribution in [0.4, 0.5) is 0 Å². The maximum absolute atomic E-state index is 11.1. The summed E-state index contributed by atoms with van der Waals surface area (Å²) in [5.41, 5.74) is 2.31. The summed E-state index contributed by atoms with van der Waals surface area (Å²) in [6.45, 7) is 6.90. The monoisotopic (exact) mass is 267 g/mol. The summed E-state index contributed by atoms with van der Waals surface area (Å²) in [4.78, 5) is 16.1. The quantitative estimate of drug-likeness (QED) is 0.875. The highest BCUT2D eigenvalue weighted by Crippen LogP contribution is 2.44. The number of nitrogens with zero attached hydrogens (tertiary/aromatic N) is 1. The fourth-order valence-electron chi connectivity index (χ4n) is 2.93. The predicted octanol–water partition coefficient (Wildman–Crippen LogP) is 4.16. The number of carbonyl (C=O) groups is 1. The van der Waals surface area contributed by atoms with E-state index in [1.54, 1.807) is 5.51 Å². The van der Waals surface area contributed by atoms with Gasteiger partial charge in [-0.15, -0.1) is 11.3 Å². The van der Waals surface area contributed by atoms with Gasteiger partial charge in [0.15, 0.2) is 5.69 Å². The van der Waals surface area contributed by atoms with Gasteiger partial charge >= 0.3 is 5.97 Å². The van der Waals surface area contributed by atoms with Gasteiger partial charge in [0.2, 0.25) is 0 Å². The van der Waals surface area contributed by atoms with E-state index in [1.807, 2.05) is 0 Å². The lowest BCUT2D eigenvalue weighted by molar-refractivity contribution is 0.0688. The molecule has 100 valence electrons. The molecule has 4 heteroatoms. The molecule has 1 aliphatic carbocycles. The first-order valence-electron chi connectivity index (χ1n) is 6.56. The van der Waals surface area contributed by atoms with Crippen LogP contribution in [0.3, 0.4) is 0 Å². The molecule has 0 amide bonds. The predicted molar refractivity (Wildman–Crippen MR) is 73.2 cm³/mol. The maximum Gasteiger partial charge on any atom is 0.355 e. The molecule has 0 saturated heterocycles. The largest absolute Gasteiger partial charge is 0.476 e.